The first-order valence-corrected chi connectivity index (χ1v) is 10.9. The molecular weight excluding hydrogens is 435 g/mol. The minimum atomic E-state index is -0.400. The smallest absolute Gasteiger partial charge is 0.356 e. The Morgan fingerprint density at radius 1 is 1.03 bits per heavy atom. The molecule has 2 unspecified atom stereocenters. The van der Waals surface area contributed by atoms with Crippen molar-refractivity contribution in [2.24, 2.45) is 7.05 Å². The summed E-state index contributed by atoms with van der Waals surface area (Å²) >= 11 is 12.1. The Morgan fingerprint density at radius 3 is 2.03 bits per heavy atom. The van der Waals surface area contributed by atoms with Crippen LogP contribution in [0.15, 0.2) is 24.5 Å². The van der Waals surface area contributed by atoms with E-state index < -0.39 is 5.97 Å². The molecule has 164 valence electrons. The predicted molar refractivity (Wildman–Crippen MR) is 122 cm³/mol. The van der Waals surface area contributed by atoms with Crippen LogP contribution in [0.5, 0.6) is 0 Å². The van der Waals surface area contributed by atoms with Crippen molar-refractivity contribution in [3.05, 3.63) is 74.0 Å². The molecular formula is C23H26Cl2N4O2. The van der Waals surface area contributed by atoms with Crippen LogP contribution in [0, 0.1) is 13.8 Å². The first-order valence-electron chi connectivity index (χ1n) is 10.1. The molecule has 8 heteroatoms. The van der Waals surface area contributed by atoms with Gasteiger partial charge in [-0.15, -0.1) is 0 Å². The summed E-state index contributed by atoms with van der Waals surface area (Å²) in [6.45, 7) is 10.1. The predicted octanol–water partition coefficient (Wildman–Crippen LogP) is 5.61. The summed E-state index contributed by atoms with van der Waals surface area (Å²) in [7, 11) is 1.76. The highest BCUT2D eigenvalue weighted by Gasteiger charge is 2.31. The van der Waals surface area contributed by atoms with Crippen molar-refractivity contribution < 1.29 is 9.53 Å². The molecule has 0 amide bonds. The summed E-state index contributed by atoms with van der Waals surface area (Å²) in [5, 5.41) is 5.63. The van der Waals surface area contributed by atoms with Crippen LogP contribution in [0.4, 0.5) is 0 Å². The van der Waals surface area contributed by atoms with Crippen molar-refractivity contribution in [2.75, 3.05) is 6.61 Å². The molecule has 0 aliphatic carbocycles. The maximum Gasteiger partial charge on any atom is 0.356 e. The van der Waals surface area contributed by atoms with Gasteiger partial charge in [-0.25, -0.2) is 14.8 Å². The zero-order chi connectivity index (χ0) is 22.9. The summed E-state index contributed by atoms with van der Waals surface area (Å²) in [6.07, 6.45) is 3.53. The molecule has 0 saturated heterocycles. The number of carbonyl (C=O) groups is 1. The molecule has 3 heterocycles. The van der Waals surface area contributed by atoms with Gasteiger partial charge in [-0.3, -0.25) is 4.68 Å². The topological polar surface area (TPSA) is 69.9 Å². The molecule has 0 spiro atoms. The summed E-state index contributed by atoms with van der Waals surface area (Å²) in [5.41, 5.74) is 6.02. The van der Waals surface area contributed by atoms with Gasteiger partial charge in [0.05, 0.1) is 12.3 Å². The fourth-order valence-electron chi connectivity index (χ4n) is 4.02. The Kier molecular flexibility index (Phi) is 7.02. The zero-order valence-electron chi connectivity index (χ0n) is 18.5. The van der Waals surface area contributed by atoms with Gasteiger partial charge in [0.25, 0.3) is 0 Å². The second kappa shape index (κ2) is 9.37. The van der Waals surface area contributed by atoms with E-state index in [1.807, 2.05) is 32.9 Å². The van der Waals surface area contributed by atoms with Gasteiger partial charge < -0.3 is 4.74 Å². The first-order chi connectivity index (χ1) is 14.6. The van der Waals surface area contributed by atoms with Crippen molar-refractivity contribution in [1.82, 2.24) is 19.7 Å². The van der Waals surface area contributed by atoms with Crippen LogP contribution in [-0.2, 0) is 11.8 Å². The number of carbonyl (C=O) groups excluding carboxylic acids is 1. The quantitative estimate of drug-likeness (QED) is 0.352. The number of nitrogens with zero attached hydrogens (tertiary/aromatic N) is 4. The van der Waals surface area contributed by atoms with Gasteiger partial charge in [0.1, 0.15) is 16.0 Å². The normalized spacial score (nSPS) is 13.2. The number of esters is 1. The Balaban J connectivity index is 2.22. The molecule has 0 aromatic carbocycles. The first kappa shape index (κ1) is 23.2. The number of aromatic nitrogens is 4. The highest BCUT2D eigenvalue weighted by molar-refractivity contribution is 6.29. The molecule has 0 N–H and O–H groups in total. The Bertz CT molecular complexity index is 1130. The fraction of sp³-hybridized carbons (Fsp3) is 0.391. The van der Waals surface area contributed by atoms with Crippen LogP contribution >= 0.6 is 23.2 Å². The van der Waals surface area contributed by atoms with Crippen LogP contribution in [0.25, 0.3) is 0 Å². The average molecular weight is 461 g/mol. The second-order valence-corrected chi connectivity index (χ2v) is 8.44. The van der Waals surface area contributed by atoms with E-state index >= 15 is 0 Å². The Hall–Kier alpha value is -2.44. The van der Waals surface area contributed by atoms with Crippen LogP contribution in [-0.4, -0.2) is 32.3 Å². The molecule has 0 radical (unpaired) electrons. The Morgan fingerprint density at radius 2 is 1.55 bits per heavy atom. The van der Waals surface area contributed by atoms with Crippen molar-refractivity contribution in [2.45, 2.75) is 46.5 Å². The van der Waals surface area contributed by atoms with E-state index in [2.05, 4.69) is 16.9 Å². The van der Waals surface area contributed by atoms with Crippen LogP contribution in [0.2, 0.25) is 10.3 Å². The largest absolute Gasteiger partial charge is 0.461 e. The SMILES string of the molecule is CCOC(=O)c1c(C(C)c2cnc(Cl)cc2C)c(C(C)c2cnc(Cl)cc2C)nn1C. The monoisotopic (exact) mass is 460 g/mol. The summed E-state index contributed by atoms with van der Waals surface area (Å²) in [5.74, 6) is -0.670. The number of rotatable bonds is 6. The molecule has 0 fully saturated rings. The average Bonchev–Trinajstić information content (AvgIpc) is 3.04. The molecule has 0 aliphatic rings. The molecule has 3 aromatic rings. The minimum absolute atomic E-state index is 0.114. The lowest BCUT2D eigenvalue weighted by Crippen LogP contribution is -2.15. The molecule has 0 bridgehead atoms. The zero-order valence-corrected chi connectivity index (χ0v) is 20.0. The van der Waals surface area contributed by atoms with E-state index in [1.54, 1.807) is 31.0 Å². The standard InChI is InChI=1S/C23H26Cl2N4O2/c1-7-31-23(30)22-20(14(4)16-10-26-18(24)8-12(16)2)21(28-29(22)6)15(5)17-11-27-19(25)9-13(17)3/h8-11,14-15H,7H2,1-6H3. The van der Waals surface area contributed by atoms with E-state index in [1.165, 1.54) is 0 Å². The molecule has 2 atom stereocenters. The number of pyridine rings is 2. The van der Waals surface area contributed by atoms with Crippen LogP contribution in [0.3, 0.4) is 0 Å². The molecule has 3 aromatic heterocycles. The fourth-order valence-corrected chi connectivity index (χ4v) is 4.45. The third-order valence-electron chi connectivity index (χ3n) is 5.59. The molecule has 0 saturated carbocycles. The third kappa shape index (κ3) is 4.60. The van der Waals surface area contributed by atoms with Crippen molar-refractivity contribution in [3.63, 3.8) is 0 Å². The summed E-state index contributed by atoms with van der Waals surface area (Å²) < 4.78 is 6.96. The minimum Gasteiger partial charge on any atom is -0.461 e. The van der Waals surface area contributed by atoms with Crippen LogP contribution < -0.4 is 0 Å². The van der Waals surface area contributed by atoms with E-state index in [4.69, 9.17) is 33.0 Å². The number of halogens is 2. The highest BCUT2D eigenvalue weighted by Crippen LogP contribution is 2.38. The van der Waals surface area contributed by atoms with Gasteiger partial charge >= 0.3 is 5.97 Å². The lowest BCUT2D eigenvalue weighted by Gasteiger charge is -2.20. The van der Waals surface area contributed by atoms with Crippen molar-refractivity contribution >= 4 is 29.2 Å². The van der Waals surface area contributed by atoms with E-state index in [0.29, 0.717) is 16.0 Å². The summed E-state index contributed by atoms with van der Waals surface area (Å²) in [4.78, 5) is 21.4. The van der Waals surface area contributed by atoms with Crippen molar-refractivity contribution in [1.29, 1.82) is 0 Å². The lowest BCUT2D eigenvalue weighted by atomic mass is 9.84. The maximum absolute atomic E-state index is 12.9. The number of hydrogen-bond donors (Lipinski definition) is 0. The van der Waals surface area contributed by atoms with Gasteiger partial charge in [-0.05, 0) is 55.2 Å². The van der Waals surface area contributed by atoms with E-state index in [0.717, 1.165) is 33.5 Å². The number of hydrogen-bond acceptors (Lipinski definition) is 5. The van der Waals surface area contributed by atoms with Gasteiger partial charge in [-0.1, -0.05) is 37.0 Å². The van der Waals surface area contributed by atoms with Gasteiger partial charge in [0.2, 0.25) is 0 Å². The highest BCUT2D eigenvalue weighted by atomic mass is 35.5. The second-order valence-electron chi connectivity index (χ2n) is 7.66. The molecule has 31 heavy (non-hydrogen) atoms. The maximum atomic E-state index is 12.9. The molecule has 3 rings (SSSR count). The molecule has 6 nitrogen and oxygen atoms in total. The van der Waals surface area contributed by atoms with E-state index in [-0.39, 0.29) is 18.4 Å². The Labute approximate surface area is 192 Å². The lowest BCUT2D eigenvalue weighted by molar-refractivity contribution is 0.0512. The van der Waals surface area contributed by atoms with E-state index in [9.17, 15) is 4.79 Å². The molecule has 0 aliphatic heterocycles. The van der Waals surface area contributed by atoms with Crippen molar-refractivity contribution in [3.8, 4) is 0 Å². The third-order valence-corrected chi connectivity index (χ3v) is 6.01. The number of ether oxygens (including phenoxy) is 1. The van der Waals surface area contributed by atoms with Gasteiger partial charge in [0, 0.05) is 36.8 Å². The number of aryl methyl sites for hydroxylation is 3. The van der Waals surface area contributed by atoms with Gasteiger partial charge in [0.15, 0.2) is 0 Å². The van der Waals surface area contributed by atoms with Gasteiger partial charge in [-0.2, -0.15) is 5.10 Å². The van der Waals surface area contributed by atoms with Crippen LogP contribution in [0.1, 0.15) is 76.6 Å². The summed E-state index contributed by atoms with van der Waals surface area (Å²) in [6, 6.07) is 3.66.